The van der Waals surface area contributed by atoms with Crippen molar-refractivity contribution in [3.63, 3.8) is 0 Å². The van der Waals surface area contributed by atoms with Crippen LogP contribution in [0.2, 0.25) is 0 Å². The maximum Gasteiger partial charge on any atom is 0.313 e. The van der Waals surface area contributed by atoms with Gasteiger partial charge >= 0.3 is 5.97 Å². The van der Waals surface area contributed by atoms with Gasteiger partial charge in [-0.3, -0.25) is 4.79 Å². The number of carbonyl (C=O) groups is 1. The lowest BCUT2D eigenvalue weighted by Crippen LogP contribution is -2.44. The number of aliphatic hydroxyl groups is 4. The highest BCUT2D eigenvalue weighted by Crippen LogP contribution is 2.43. The number of hydrogen-bond donors (Lipinski definition) is 5. The Morgan fingerprint density at radius 1 is 0.458 bits per heavy atom. The maximum absolute atomic E-state index is 12.1. The minimum absolute atomic E-state index is 0.128. The molecule has 0 bridgehead atoms. The second-order valence-corrected chi connectivity index (χ2v) is 22.0. The van der Waals surface area contributed by atoms with Crippen molar-refractivity contribution in [3.05, 3.63) is 214 Å². The van der Waals surface area contributed by atoms with Crippen molar-refractivity contribution >= 4 is 5.97 Å². The lowest BCUT2D eigenvalue weighted by molar-refractivity contribution is -0.142. The monoisotopic (exact) mass is 973 g/mol. The first-order chi connectivity index (χ1) is 34.5. The van der Waals surface area contributed by atoms with Gasteiger partial charge in [0, 0.05) is 0 Å². The van der Waals surface area contributed by atoms with Gasteiger partial charge in [-0.1, -0.05) is 191 Å². The van der Waals surface area contributed by atoms with Crippen LogP contribution in [0.15, 0.2) is 170 Å². The fraction of sp³-hybridized carbons (Fsp3) is 0.422. The standard InChI is InChI=1S/C32H39NO4.C32H41NO2/c1-31(2,30(35)36)25-17-15-24(16-18-25)29(34)14-9-21-33-22-19-28(20-23-33)32(37,26-10-5-3-6-11-26)27-12-7-4-8-13-27;1-31(2,3)26-18-16-25(17-19-26)30(34)15-10-22-33-23-20-29(21-24-33)32(35,27-11-6-4-7-12-27)28-13-8-5-9-14-28/h3-8,10-13,15-18,28-29,34,37H,9,14,19-23H2,1-2H3,(H,35,36);4-9,11-14,16-19,29-30,34-35H,10,15,20-24H2,1-3H3. The second-order valence-electron chi connectivity index (χ2n) is 22.0. The van der Waals surface area contributed by atoms with Gasteiger partial charge in [0.2, 0.25) is 0 Å². The van der Waals surface area contributed by atoms with Crippen LogP contribution in [-0.4, -0.2) is 80.6 Å². The third-order valence-electron chi connectivity index (χ3n) is 15.8. The second kappa shape index (κ2) is 24.5. The average Bonchev–Trinajstić information content (AvgIpc) is 3.41. The van der Waals surface area contributed by atoms with Crippen molar-refractivity contribution in [2.75, 3.05) is 39.3 Å². The topological polar surface area (TPSA) is 125 Å². The molecule has 0 saturated carbocycles. The van der Waals surface area contributed by atoms with Crippen molar-refractivity contribution in [3.8, 4) is 0 Å². The Balaban J connectivity index is 0.000000212. The fourth-order valence-electron chi connectivity index (χ4n) is 11.0. The molecule has 5 N–H and O–H groups in total. The van der Waals surface area contributed by atoms with Crippen molar-refractivity contribution < 1.29 is 30.3 Å². The SMILES string of the molecule is CC(C)(C(=O)O)c1ccc(C(O)CCCN2CCC(C(O)(c3ccccc3)c3ccccc3)CC2)cc1.CC(C)(C)c1ccc(C(O)CCCN2CCC(C(O)(c3ccccc3)c3ccccc3)CC2)cc1. The Labute approximate surface area is 430 Å². The number of hydrogen-bond acceptors (Lipinski definition) is 7. The van der Waals surface area contributed by atoms with Crippen LogP contribution < -0.4 is 0 Å². The van der Waals surface area contributed by atoms with Crippen LogP contribution in [-0.2, 0) is 26.8 Å². The first-order valence-electron chi connectivity index (χ1n) is 26.4. The van der Waals surface area contributed by atoms with Crippen LogP contribution in [0, 0.1) is 11.8 Å². The van der Waals surface area contributed by atoms with E-state index in [9.17, 15) is 30.3 Å². The van der Waals surface area contributed by atoms with Gasteiger partial charge < -0.3 is 35.3 Å². The highest BCUT2D eigenvalue weighted by molar-refractivity contribution is 5.80. The smallest absolute Gasteiger partial charge is 0.313 e. The number of piperidine rings is 2. The van der Waals surface area contributed by atoms with Gasteiger partial charge in [0.15, 0.2) is 0 Å². The summed E-state index contributed by atoms with van der Waals surface area (Å²) >= 11 is 0. The summed E-state index contributed by atoms with van der Waals surface area (Å²) < 4.78 is 0. The van der Waals surface area contributed by atoms with Crippen molar-refractivity contribution in [1.82, 2.24) is 9.80 Å². The summed E-state index contributed by atoms with van der Waals surface area (Å²) in [5, 5.41) is 54.9. The predicted octanol–water partition coefficient (Wildman–Crippen LogP) is 12.0. The molecule has 8 nitrogen and oxygen atoms in total. The number of likely N-dealkylation sites (tertiary alicyclic amines) is 2. The number of carboxylic acids is 1. The summed E-state index contributed by atoms with van der Waals surface area (Å²) in [6.45, 7) is 15.7. The molecule has 0 aliphatic carbocycles. The molecule has 2 unspecified atom stereocenters. The molecule has 8 heteroatoms. The van der Waals surface area contributed by atoms with E-state index in [0.29, 0.717) is 6.42 Å². The van der Waals surface area contributed by atoms with Gasteiger partial charge in [-0.2, -0.15) is 0 Å². The third-order valence-corrected chi connectivity index (χ3v) is 15.8. The van der Waals surface area contributed by atoms with Gasteiger partial charge in [-0.15, -0.1) is 0 Å². The molecule has 0 radical (unpaired) electrons. The summed E-state index contributed by atoms with van der Waals surface area (Å²) in [5.41, 5.74) is 4.89. The van der Waals surface area contributed by atoms with Gasteiger partial charge in [0.05, 0.1) is 17.6 Å². The molecule has 2 atom stereocenters. The van der Waals surface area contributed by atoms with Gasteiger partial charge in [-0.25, -0.2) is 0 Å². The lowest BCUT2D eigenvalue weighted by Gasteiger charge is -2.42. The number of rotatable bonds is 18. The van der Waals surface area contributed by atoms with E-state index in [0.717, 1.165) is 123 Å². The average molecular weight is 973 g/mol. The van der Waals surface area contributed by atoms with Crippen molar-refractivity contribution in [2.24, 2.45) is 11.8 Å². The third kappa shape index (κ3) is 13.2. The molecule has 6 aromatic rings. The zero-order valence-corrected chi connectivity index (χ0v) is 43.4. The molecule has 0 spiro atoms. The normalized spacial score (nSPS) is 16.6. The van der Waals surface area contributed by atoms with E-state index in [2.05, 4.69) is 79.1 Å². The van der Waals surface area contributed by atoms with Gasteiger partial charge in [-0.05, 0) is 166 Å². The Bertz CT molecular complexity index is 2450. The minimum Gasteiger partial charge on any atom is -0.481 e. The maximum atomic E-state index is 12.1. The predicted molar refractivity (Wildman–Crippen MR) is 291 cm³/mol. The van der Waals surface area contributed by atoms with Crippen LogP contribution in [0.3, 0.4) is 0 Å². The van der Waals surface area contributed by atoms with Crippen LogP contribution >= 0.6 is 0 Å². The van der Waals surface area contributed by atoms with E-state index in [-0.39, 0.29) is 17.3 Å². The number of benzene rings is 6. The molecule has 2 saturated heterocycles. The van der Waals surface area contributed by atoms with Crippen LogP contribution in [0.25, 0.3) is 0 Å². The zero-order valence-electron chi connectivity index (χ0n) is 43.4. The molecular weight excluding hydrogens is 893 g/mol. The van der Waals surface area contributed by atoms with E-state index in [1.54, 1.807) is 26.0 Å². The molecule has 382 valence electrons. The zero-order chi connectivity index (χ0) is 51.4. The number of aliphatic hydroxyl groups excluding tert-OH is 2. The molecule has 0 amide bonds. The number of nitrogens with zero attached hydrogens (tertiary/aromatic N) is 2. The van der Waals surface area contributed by atoms with Gasteiger partial charge in [0.1, 0.15) is 11.2 Å². The molecule has 2 fully saturated rings. The van der Waals surface area contributed by atoms with Crippen molar-refractivity contribution in [1.29, 1.82) is 0 Å². The molecule has 6 aromatic carbocycles. The summed E-state index contributed by atoms with van der Waals surface area (Å²) in [6, 6.07) is 56.0. The molecule has 2 aliphatic rings. The quantitative estimate of drug-likeness (QED) is 0.0577. The molecule has 2 aliphatic heterocycles. The van der Waals surface area contributed by atoms with E-state index in [1.165, 1.54) is 5.56 Å². The largest absolute Gasteiger partial charge is 0.481 e. The first kappa shape index (κ1) is 54.3. The Kier molecular flexibility index (Phi) is 18.5. The van der Waals surface area contributed by atoms with E-state index < -0.39 is 34.8 Å². The summed E-state index contributed by atoms with van der Waals surface area (Å²) in [7, 11) is 0. The Morgan fingerprint density at radius 2 is 0.750 bits per heavy atom. The number of aliphatic carboxylic acids is 1. The van der Waals surface area contributed by atoms with E-state index >= 15 is 0 Å². The Hall–Kier alpha value is -5.45. The highest BCUT2D eigenvalue weighted by Gasteiger charge is 2.43. The van der Waals surface area contributed by atoms with E-state index in [4.69, 9.17) is 0 Å². The van der Waals surface area contributed by atoms with E-state index in [1.807, 2.05) is 109 Å². The van der Waals surface area contributed by atoms with Crippen LogP contribution in [0.1, 0.15) is 143 Å². The highest BCUT2D eigenvalue weighted by atomic mass is 16.4. The molecule has 8 rings (SSSR count). The fourth-order valence-corrected chi connectivity index (χ4v) is 11.0. The lowest BCUT2D eigenvalue weighted by atomic mass is 9.72. The summed E-state index contributed by atoms with van der Waals surface area (Å²) in [6.07, 6.45) is 6.00. The molecule has 72 heavy (non-hydrogen) atoms. The molecule has 0 aromatic heterocycles. The van der Waals surface area contributed by atoms with Crippen molar-refractivity contribution in [2.45, 2.75) is 120 Å². The first-order valence-corrected chi connectivity index (χ1v) is 26.4. The van der Waals surface area contributed by atoms with Gasteiger partial charge in [0.25, 0.3) is 0 Å². The number of carboxylic acid groups (broad SMARTS) is 1. The molecule has 2 heterocycles. The van der Waals surface area contributed by atoms with Crippen LogP contribution in [0.5, 0.6) is 0 Å². The summed E-state index contributed by atoms with van der Waals surface area (Å²) in [5.74, 6) is -0.557. The minimum atomic E-state index is -1.01. The summed E-state index contributed by atoms with van der Waals surface area (Å²) in [4.78, 5) is 16.4. The Morgan fingerprint density at radius 3 is 1.03 bits per heavy atom. The molecular formula is C64H80N2O6. The van der Waals surface area contributed by atoms with Crippen LogP contribution in [0.4, 0.5) is 0 Å².